The molecule has 2 aromatic carbocycles. The van der Waals surface area contributed by atoms with Crippen molar-refractivity contribution in [3.05, 3.63) is 59.9 Å². The maximum atomic E-state index is 13.0. The van der Waals surface area contributed by atoms with Gasteiger partial charge in [-0.25, -0.2) is 19.0 Å². The molecule has 0 saturated carbocycles. The molecule has 0 atom stereocenters. The van der Waals surface area contributed by atoms with Gasteiger partial charge in [0.2, 0.25) is 0 Å². The molecule has 1 fully saturated rings. The second-order valence-corrected chi connectivity index (χ2v) is 8.67. The molecule has 3 aromatic rings. The van der Waals surface area contributed by atoms with Crippen LogP contribution in [0.15, 0.2) is 48.5 Å². The minimum absolute atomic E-state index is 0.149. The molecule has 9 heteroatoms. The first-order valence-corrected chi connectivity index (χ1v) is 11.2. The van der Waals surface area contributed by atoms with Crippen LogP contribution in [-0.2, 0) is 16.0 Å². The molecule has 2 heterocycles. The lowest BCUT2D eigenvalue weighted by atomic mass is 9.90. The number of hydrogen-bond donors (Lipinski definition) is 3. The molecule has 0 bridgehead atoms. The minimum atomic E-state index is -1.82. The van der Waals surface area contributed by atoms with Crippen molar-refractivity contribution in [1.82, 2.24) is 9.88 Å². The van der Waals surface area contributed by atoms with Crippen LogP contribution in [0.4, 0.5) is 9.52 Å². The highest BCUT2D eigenvalue weighted by molar-refractivity contribution is 7.22. The number of para-hydroxylation sites is 1. The van der Waals surface area contributed by atoms with E-state index >= 15 is 0 Å². The molecule has 0 amide bonds. The number of carboxylic acids is 2. The van der Waals surface area contributed by atoms with Crippen molar-refractivity contribution >= 4 is 38.6 Å². The Hall–Kier alpha value is -3.04. The van der Waals surface area contributed by atoms with Crippen LogP contribution in [0.5, 0.6) is 0 Å². The monoisotopic (exact) mass is 459 g/mol. The summed E-state index contributed by atoms with van der Waals surface area (Å²) in [5.41, 5.74) is 2.32. The highest BCUT2D eigenvalue weighted by Gasteiger charge is 2.19. The zero-order valence-electron chi connectivity index (χ0n) is 17.5. The van der Waals surface area contributed by atoms with Crippen LogP contribution in [0.2, 0.25) is 0 Å². The van der Waals surface area contributed by atoms with Gasteiger partial charge in [-0.3, -0.25) is 0 Å². The summed E-state index contributed by atoms with van der Waals surface area (Å²) >= 11 is 1.72. The Morgan fingerprint density at radius 2 is 1.72 bits per heavy atom. The van der Waals surface area contributed by atoms with Gasteiger partial charge in [0.25, 0.3) is 0 Å². The number of aromatic nitrogens is 1. The number of carbonyl (C=O) groups is 2. The highest BCUT2D eigenvalue weighted by Crippen LogP contribution is 2.25. The zero-order chi connectivity index (χ0) is 22.9. The maximum Gasteiger partial charge on any atom is 0.414 e. The molecule has 1 aromatic heterocycles. The van der Waals surface area contributed by atoms with E-state index in [-0.39, 0.29) is 5.82 Å². The summed E-state index contributed by atoms with van der Waals surface area (Å²) in [6.07, 6.45) is 3.51. The summed E-state index contributed by atoms with van der Waals surface area (Å²) in [4.78, 5) is 25.4. The third kappa shape index (κ3) is 7.28. The van der Waals surface area contributed by atoms with Gasteiger partial charge in [-0.15, -0.1) is 0 Å². The predicted molar refractivity (Wildman–Crippen MR) is 123 cm³/mol. The lowest BCUT2D eigenvalue weighted by molar-refractivity contribution is -0.159. The van der Waals surface area contributed by atoms with E-state index < -0.39 is 11.9 Å². The molecule has 1 aliphatic heterocycles. The van der Waals surface area contributed by atoms with Crippen molar-refractivity contribution in [3.8, 4) is 0 Å². The van der Waals surface area contributed by atoms with Gasteiger partial charge in [-0.1, -0.05) is 35.6 Å². The first-order valence-electron chi connectivity index (χ1n) is 10.4. The van der Waals surface area contributed by atoms with Crippen molar-refractivity contribution < 1.29 is 24.2 Å². The molecule has 0 aliphatic carbocycles. The topological polar surface area (TPSA) is 103 Å². The Bertz CT molecular complexity index is 988. The zero-order valence-corrected chi connectivity index (χ0v) is 18.4. The molecular formula is C23H26FN3O4S. The predicted octanol–water partition coefficient (Wildman–Crippen LogP) is 3.96. The van der Waals surface area contributed by atoms with Crippen molar-refractivity contribution in [2.45, 2.75) is 19.3 Å². The van der Waals surface area contributed by atoms with E-state index in [9.17, 15) is 4.39 Å². The molecule has 1 saturated heterocycles. The fraction of sp³-hybridized carbons (Fsp3) is 0.348. The number of likely N-dealkylation sites (tertiary alicyclic amines) is 1. The number of fused-ring (bicyclic) bond motifs is 1. The van der Waals surface area contributed by atoms with Crippen LogP contribution in [-0.4, -0.2) is 58.2 Å². The number of carboxylic acid groups (broad SMARTS) is 2. The molecule has 0 unspecified atom stereocenters. The summed E-state index contributed by atoms with van der Waals surface area (Å²) in [7, 11) is 0. The maximum absolute atomic E-state index is 13.0. The van der Waals surface area contributed by atoms with Crippen molar-refractivity contribution in [3.63, 3.8) is 0 Å². The van der Waals surface area contributed by atoms with Crippen LogP contribution < -0.4 is 5.32 Å². The molecular weight excluding hydrogens is 433 g/mol. The fourth-order valence-electron chi connectivity index (χ4n) is 3.64. The normalized spacial score (nSPS) is 14.5. The summed E-state index contributed by atoms with van der Waals surface area (Å²) in [6.45, 7) is 4.28. The molecule has 0 radical (unpaired) electrons. The SMILES string of the molecule is Fc1ccc(CC2CCN(CCNc3nc4ccccc4s3)CC2)cc1.O=C(O)C(=O)O. The van der Waals surface area contributed by atoms with Crippen molar-refractivity contribution in [1.29, 1.82) is 0 Å². The molecule has 1 aliphatic rings. The third-order valence-corrected chi connectivity index (χ3v) is 6.32. The Labute approximate surface area is 189 Å². The number of benzene rings is 2. The standard InChI is InChI=1S/C21H24FN3S.C2H2O4/c22-18-7-5-16(6-8-18)15-17-9-12-25(13-10-17)14-11-23-21-24-19-3-1-2-4-20(19)26-21;3-1(4)2(5)6/h1-8,17H,9-15H2,(H,23,24);(H,3,4)(H,5,6). The van der Waals surface area contributed by atoms with E-state index in [4.69, 9.17) is 19.8 Å². The summed E-state index contributed by atoms with van der Waals surface area (Å²) < 4.78 is 14.2. The van der Waals surface area contributed by atoms with Crippen molar-refractivity contribution in [2.75, 3.05) is 31.5 Å². The molecule has 0 spiro atoms. The largest absolute Gasteiger partial charge is 0.473 e. The lowest BCUT2D eigenvalue weighted by Crippen LogP contribution is -2.37. The van der Waals surface area contributed by atoms with Crippen LogP contribution >= 0.6 is 11.3 Å². The number of piperidine rings is 1. The van der Waals surface area contributed by atoms with Gasteiger partial charge < -0.3 is 20.4 Å². The van der Waals surface area contributed by atoms with Crippen LogP contribution in [0, 0.1) is 11.7 Å². The number of nitrogens with one attached hydrogen (secondary N) is 1. The molecule has 170 valence electrons. The molecule has 7 nitrogen and oxygen atoms in total. The number of anilines is 1. The average Bonchev–Trinajstić information content (AvgIpc) is 3.20. The lowest BCUT2D eigenvalue weighted by Gasteiger charge is -2.32. The van der Waals surface area contributed by atoms with Crippen molar-refractivity contribution in [2.24, 2.45) is 5.92 Å². The second kappa shape index (κ2) is 11.5. The van der Waals surface area contributed by atoms with Gasteiger partial charge in [0.15, 0.2) is 5.13 Å². The molecule has 32 heavy (non-hydrogen) atoms. The number of halogens is 1. The third-order valence-electron chi connectivity index (χ3n) is 5.33. The number of aliphatic carboxylic acids is 2. The molecule has 4 rings (SSSR count). The van der Waals surface area contributed by atoms with E-state index in [1.165, 1.54) is 23.1 Å². The Morgan fingerprint density at radius 3 is 2.34 bits per heavy atom. The van der Waals surface area contributed by atoms with Gasteiger partial charge in [-0.2, -0.15) is 0 Å². The first kappa shape index (κ1) is 23.6. The van der Waals surface area contributed by atoms with E-state index in [0.29, 0.717) is 5.92 Å². The van der Waals surface area contributed by atoms with E-state index in [2.05, 4.69) is 33.4 Å². The van der Waals surface area contributed by atoms with E-state index in [1.54, 1.807) is 23.5 Å². The number of thiazole rings is 1. The van der Waals surface area contributed by atoms with Gasteiger partial charge in [-0.05, 0) is 68.1 Å². The molecule has 3 N–H and O–H groups in total. The first-order chi connectivity index (χ1) is 15.4. The average molecular weight is 460 g/mol. The van der Waals surface area contributed by atoms with Gasteiger partial charge in [0.1, 0.15) is 5.82 Å². The van der Waals surface area contributed by atoms with Crippen LogP contribution in [0.1, 0.15) is 18.4 Å². The Morgan fingerprint density at radius 1 is 1.06 bits per heavy atom. The Kier molecular flexibility index (Phi) is 8.52. The van der Waals surface area contributed by atoms with Gasteiger partial charge >= 0.3 is 11.9 Å². The minimum Gasteiger partial charge on any atom is -0.473 e. The fourth-order valence-corrected chi connectivity index (χ4v) is 4.53. The summed E-state index contributed by atoms with van der Waals surface area (Å²) in [5, 5.41) is 19.3. The van der Waals surface area contributed by atoms with E-state index in [1.807, 2.05) is 18.2 Å². The smallest absolute Gasteiger partial charge is 0.414 e. The Balaban J connectivity index is 0.000000427. The van der Waals surface area contributed by atoms with Crippen LogP contribution in [0.3, 0.4) is 0 Å². The second-order valence-electron chi connectivity index (χ2n) is 7.64. The number of rotatable bonds is 6. The van der Waals surface area contributed by atoms with Crippen LogP contribution in [0.25, 0.3) is 10.2 Å². The van der Waals surface area contributed by atoms with Gasteiger partial charge in [0, 0.05) is 13.1 Å². The number of hydrogen-bond acceptors (Lipinski definition) is 6. The van der Waals surface area contributed by atoms with Gasteiger partial charge in [0.05, 0.1) is 10.2 Å². The summed E-state index contributed by atoms with van der Waals surface area (Å²) in [5.74, 6) is -3.08. The number of nitrogens with zero attached hydrogens (tertiary/aromatic N) is 2. The quantitative estimate of drug-likeness (QED) is 0.480. The van der Waals surface area contributed by atoms with E-state index in [0.717, 1.165) is 43.2 Å². The summed E-state index contributed by atoms with van der Waals surface area (Å²) in [6, 6.07) is 15.2. The highest BCUT2D eigenvalue weighted by atomic mass is 32.1.